The van der Waals surface area contributed by atoms with Gasteiger partial charge in [-0.05, 0) is 32.3 Å². The smallest absolute Gasteiger partial charge is 0.0865 e. The Bertz CT molecular complexity index is 341. The quantitative estimate of drug-likeness (QED) is 0.847. The van der Waals surface area contributed by atoms with Gasteiger partial charge in [0.15, 0.2) is 0 Å². The topological polar surface area (TPSA) is 35.2 Å². The van der Waals surface area contributed by atoms with Crippen molar-refractivity contribution >= 4 is 0 Å². The molecule has 0 bridgehead atoms. The van der Waals surface area contributed by atoms with Gasteiger partial charge in [0.25, 0.3) is 0 Å². The van der Waals surface area contributed by atoms with Crippen LogP contribution in [-0.2, 0) is 4.74 Å². The zero-order valence-corrected chi connectivity index (χ0v) is 11.7. The molecule has 96 valence electrons. The first kappa shape index (κ1) is 14.2. The summed E-state index contributed by atoms with van der Waals surface area (Å²) in [5.74, 6) is 0. The monoisotopic (exact) mass is 235 g/mol. The van der Waals surface area contributed by atoms with E-state index in [2.05, 4.69) is 45.9 Å². The zero-order chi connectivity index (χ0) is 13.1. The molecule has 0 fully saturated rings. The standard InChI is InChI=1S/C15H25NO/c1-6-15(7-2,17-5)14(16)13-9-11(3)8-12(4)10-13/h8-10,14H,6-7,16H2,1-5H3. The summed E-state index contributed by atoms with van der Waals surface area (Å²) in [4.78, 5) is 0. The lowest BCUT2D eigenvalue weighted by atomic mass is 9.83. The Balaban J connectivity index is 3.13. The summed E-state index contributed by atoms with van der Waals surface area (Å²) in [6.07, 6.45) is 1.85. The van der Waals surface area contributed by atoms with Crippen LogP contribution in [0.15, 0.2) is 18.2 Å². The van der Waals surface area contributed by atoms with Crippen LogP contribution >= 0.6 is 0 Å². The average Bonchev–Trinajstić information content (AvgIpc) is 2.30. The second-order valence-corrected chi connectivity index (χ2v) is 4.87. The molecule has 17 heavy (non-hydrogen) atoms. The number of benzene rings is 1. The molecule has 1 aromatic carbocycles. The van der Waals surface area contributed by atoms with Crippen LogP contribution in [0, 0.1) is 13.8 Å². The van der Waals surface area contributed by atoms with E-state index in [1.54, 1.807) is 7.11 Å². The fraction of sp³-hybridized carbons (Fsp3) is 0.600. The van der Waals surface area contributed by atoms with E-state index in [4.69, 9.17) is 10.5 Å². The lowest BCUT2D eigenvalue weighted by Crippen LogP contribution is -2.42. The summed E-state index contributed by atoms with van der Waals surface area (Å²) in [7, 11) is 1.76. The third kappa shape index (κ3) is 2.88. The van der Waals surface area contributed by atoms with Crippen LogP contribution in [0.1, 0.15) is 49.4 Å². The SMILES string of the molecule is CCC(CC)(OC)C(N)c1cc(C)cc(C)c1. The number of rotatable bonds is 5. The first-order valence-corrected chi connectivity index (χ1v) is 6.38. The Morgan fingerprint density at radius 3 is 1.94 bits per heavy atom. The minimum atomic E-state index is -0.250. The molecule has 0 aliphatic carbocycles. The van der Waals surface area contributed by atoms with Gasteiger partial charge in [0, 0.05) is 7.11 Å². The van der Waals surface area contributed by atoms with Crippen LogP contribution in [0.2, 0.25) is 0 Å². The first-order valence-electron chi connectivity index (χ1n) is 6.38. The van der Waals surface area contributed by atoms with Crippen molar-refractivity contribution in [1.29, 1.82) is 0 Å². The molecule has 0 heterocycles. The Hall–Kier alpha value is -0.860. The van der Waals surface area contributed by atoms with Crippen molar-refractivity contribution in [3.63, 3.8) is 0 Å². The van der Waals surface area contributed by atoms with Gasteiger partial charge in [-0.2, -0.15) is 0 Å². The average molecular weight is 235 g/mol. The van der Waals surface area contributed by atoms with Gasteiger partial charge in [0.2, 0.25) is 0 Å². The molecule has 1 atom stereocenters. The van der Waals surface area contributed by atoms with Crippen molar-refractivity contribution in [3.8, 4) is 0 Å². The second-order valence-electron chi connectivity index (χ2n) is 4.87. The molecule has 2 heteroatoms. The minimum absolute atomic E-state index is 0.0684. The lowest BCUT2D eigenvalue weighted by molar-refractivity contribution is -0.0385. The number of hydrogen-bond acceptors (Lipinski definition) is 2. The van der Waals surface area contributed by atoms with Crippen LogP contribution < -0.4 is 5.73 Å². The van der Waals surface area contributed by atoms with Crippen LogP contribution in [0.4, 0.5) is 0 Å². The molecule has 0 aliphatic heterocycles. The van der Waals surface area contributed by atoms with Gasteiger partial charge in [-0.1, -0.05) is 43.2 Å². The van der Waals surface area contributed by atoms with E-state index in [0.29, 0.717) is 0 Å². The molecule has 2 nitrogen and oxygen atoms in total. The molecule has 2 N–H and O–H groups in total. The van der Waals surface area contributed by atoms with Gasteiger partial charge in [0.1, 0.15) is 0 Å². The Morgan fingerprint density at radius 1 is 1.12 bits per heavy atom. The largest absolute Gasteiger partial charge is 0.376 e. The molecular formula is C15H25NO. The molecule has 0 aliphatic rings. The number of ether oxygens (including phenoxy) is 1. The maximum Gasteiger partial charge on any atom is 0.0865 e. The summed E-state index contributed by atoms with van der Waals surface area (Å²) in [6.45, 7) is 8.48. The highest BCUT2D eigenvalue weighted by Crippen LogP contribution is 2.33. The molecule has 0 saturated carbocycles. The Labute approximate surface area is 105 Å². The summed E-state index contributed by atoms with van der Waals surface area (Å²) in [5, 5.41) is 0. The van der Waals surface area contributed by atoms with E-state index in [0.717, 1.165) is 12.8 Å². The molecule has 1 aromatic rings. The maximum atomic E-state index is 6.42. The first-order chi connectivity index (χ1) is 7.99. The van der Waals surface area contributed by atoms with Crippen LogP contribution in [0.3, 0.4) is 0 Å². The number of nitrogens with two attached hydrogens (primary N) is 1. The van der Waals surface area contributed by atoms with Gasteiger partial charge in [-0.15, -0.1) is 0 Å². The highest BCUT2D eigenvalue weighted by molar-refractivity contribution is 5.32. The zero-order valence-electron chi connectivity index (χ0n) is 11.7. The molecule has 1 unspecified atom stereocenters. The number of methoxy groups -OCH3 is 1. The predicted octanol–water partition coefficient (Wildman–Crippen LogP) is 3.51. The highest BCUT2D eigenvalue weighted by atomic mass is 16.5. The van der Waals surface area contributed by atoms with Gasteiger partial charge >= 0.3 is 0 Å². The molecule has 0 spiro atoms. The fourth-order valence-electron chi connectivity index (χ4n) is 2.60. The summed E-state index contributed by atoms with van der Waals surface area (Å²) < 4.78 is 5.71. The van der Waals surface area contributed by atoms with E-state index in [9.17, 15) is 0 Å². The highest BCUT2D eigenvalue weighted by Gasteiger charge is 2.34. The Kier molecular flexibility index (Phi) is 4.72. The van der Waals surface area contributed by atoms with Gasteiger partial charge in [-0.3, -0.25) is 0 Å². The van der Waals surface area contributed by atoms with Crippen molar-refractivity contribution in [2.75, 3.05) is 7.11 Å². The van der Waals surface area contributed by atoms with E-state index in [1.807, 2.05) is 0 Å². The van der Waals surface area contributed by atoms with Crippen LogP contribution in [0.5, 0.6) is 0 Å². The van der Waals surface area contributed by atoms with Gasteiger partial charge < -0.3 is 10.5 Å². The molecule has 1 rings (SSSR count). The van der Waals surface area contributed by atoms with E-state index in [1.165, 1.54) is 16.7 Å². The third-order valence-electron chi connectivity index (χ3n) is 3.77. The van der Waals surface area contributed by atoms with Crippen molar-refractivity contribution in [2.24, 2.45) is 5.73 Å². The van der Waals surface area contributed by atoms with Gasteiger partial charge in [0.05, 0.1) is 11.6 Å². The third-order valence-corrected chi connectivity index (χ3v) is 3.77. The molecule has 0 aromatic heterocycles. The molecule has 0 radical (unpaired) electrons. The van der Waals surface area contributed by atoms with Crippen molar-refractivity contribution in [1.82, 2.24) is 0 Å². The maximum absolute atomic E-state index is 6.42. The summed E-state index contributed by atoms with van der Waals surface area (Å²) in [6, 6.07) is 6.43. The van der Waals surface area contributed by atoms with Crippen molar-refractivity contribution in [3.05, 3.63) is 34.9 Å². The minimum Gasteiger partial charge on any atom is -0.376 e. The van der Waals surface area contributed by atoms with Crippen molar-refractivity contribution in [2.45, 2.75) is 52.2 Å². The fourth-order valence-corrected chi connectivity index (χ4v) is 2.60. The second kappa shape index (κ2) is 5.65. The lowest BCUT2D eigenvalue weighted by Gasteiger charge is -2.36. The van der Waals surface area contributed by atoms with E-state index < -0.39 is 0 Å². The van der Waals surface area contributed by atoms with Gasteiger partial charge in [-0.25, -0.2) is 0 Å². The Morgan fingerprint density at radius 2 is 1.59 bits per heavy atom. The normalized spacial score (nSPS) is 13.8. The number of aryl methyl sites for hydroxylation is 2. The molecule has 0 saturated heterocycles. The molecular weight excluding hydrogens is 210 g/mol. The van der Waals surface area contributed by atoms with Crippen LogP contribution in [0.25, 0.3) is 0 Å². The number of hydrogen-bond donors (Lipinski definition) is 1. The molecule has 0 amide bonds. The summed E-state index contributed by atoms with van der Waals surface area (Å²) >= 11 is 0. The van der Waals surface area contributed by atoms with E-state index >= 15 is 0 Å². The van der Waals surface area contributed by atoms with Crippen LogP contribution in [-0.4, -0.2) is 12.7 Å². The summed E-state index contributed by atoms with van der Waals surface area (Å²) in [5.41, 5.74) is 9.86. The van der Waals surface area contributed by atoms with Crippen molar-refractivity contribution < 1.29 is 4.74 Å². The predicted molar refractivity (Wildman–Crippen MR) is 73.2 cm³/mol. The van der Waals surface area contributed by atoms with E-state index in [-0.39, 0.29) is 11.6 Å².